The maximum Gasteiger partial charge on any atom is 0.410 e. The summed E-state index contributed by atoms with van der Waals surface area (Å²) in [6.45, 7) is 16.2. The van der Waals surface area contributed by atoms with Crippen molar-refractivity contribution in [1.29, 1.82) is 0 Å². The highest BCUT2D eigenvalue weighted by Gasteiger charge is 2.48. The molecule has 46 heavy (non-hydrogen) atoms. The lowest BCUT2D eigenvalue weighted by molar-refractivity contribution is -0.190. The number of nitrogens with one attached hydrogen (secondary N) is 2. The fourth-order valence-electron chi connectivity index (χ4n) is 3.59. The van der Waals surface area contributed by atoms with Gasteiger partial charge in [0.15, 0.2) is 0 Å². The highest BCUT2D eigenvalue weighted by atomic mass is 19.4. The van der Waals surface area contributed by atoms with Crippen molar-refractivity contribution >= 4 is 24.8 Å². The third-order valence-corrected chi connectivity index (χ3v) is 5.66. The van der Waals surface area contributed by atoms with E-state index in [9.17, 15) is 31.5 Å². The van der Waals surface area contributed by atoms with Gasteiger partial charge in [-0.2, -0.15) is 22.0 Å². The van der Waals surface area contributed by atoms with Gasteiger partial charge in [-0.15, -0.1) is 0 Å². The van der Waals surface area contributed by atoms with Crippen LogP contribution in [0.3, 0.4) is 0 Å². The van der Waals surface area contributed by atoms with Gasteiger partial charge in [0.2, 0.25) is 6.41 Å². The summed E-state index contributed by atoms with van der Waals surface area (Å²) in [5.41, 5.74) is 7.79. The lowest BCUT2D eigenvalue weighted by atomic mass is 10.1. The summed E-state index contributed by atoms with van der Waals surface area (Å²) < 4.78 is 71.4. The van der Waals surface area contributed by atoms with Crippen LogP contribution in [0.25, 0.3) is 5.57 Å². The van der Waals surface area contributed by atoms with E-state index in [0.717, 1.165) is 16.0 Å². The quantitative estimate of drug-likeness (QED) is 0.116. The second-order valence-electron chi connectivity index (χ2n) is 8.93. The Kier molecular flexibility index (Phi) is 22.9. The Morgan fingerprint density at radius 2 is 1.76 bits per heavy atom. The van der Waals surface area contributed by atoms with E-state index >= 15 is 0 Å². The van der Waals surface area contributed by atoms with E-state index in [1.807, 2.05) is 13.8 Å². The fraction of sp³-hybridized carbons (Fsp3) is 0.452. The van der Waals surface area contributed by atoms with E-state index in [4.69, 9.17) is 0 Å². The largest absolute Gasteiger partial charge is 0.450 e. The molecule has 1 aromatic carbocycles. The van der Waals surface area contributed by atoms with Crippen molar-refractivity contribution in [3.8, 4) is 5.75 Å². The minimum absolute atomic E-state index is 0.0412. The number of hydrogen-bond acceptors (Lipinski definition) is 8. The molecule has 1 unspecified atom stereocenters. The summed E-state index contributed by atoms with van der Waals surface area (Å²) in [5.74, 6) is 0.0704. The zero-order chi connectivity index (χ0) is 35.9. The average molecular weight is 663 g/mol. The molecule has 1 aromatic rings. The summed E-state index contributed by atoms with van der Waals surface area (Å²) in [6, 6.07) is 4.40. The average Bonchev–Trinajstić information content (AvgIpc) is 3.01. The Hall–Kier alpha value is -4.24. The molecule has 0 radical (unpaired) electrons. The first-order valence-corrected chi connectivity index (χ1v) is 14.2. The molecule has 1 aliphatic heterocycles. The second kappa shape index (κ2) is 24.1. The van der Waals surface area contributed by atoms with E-state index in [1.54, 1.807) is 50.2 Å². The van der Waals surface area contributed by atoms with Gasteiger partial charge >= 0.3 is 18.9 Å². The van der Waals surface area contributed by atoms with Crippen LogP contribution in [0.2, 0.25) is 0 Å². The van der Waals surface area contributed by atoms with Gasteiger partial charge in [-0.3, -0.25) is 14.7 Å². The molecule has 260 valence electrons. The molecule has 1 aliphatic rings. The first kappa shape index (κ1) is 43.9. The number of nitrogens with zero attached hydrogens (tertiary/aromatic N) is 3. The first-order valence-electron chi connectivity index (χ1n) is 14.2. The lowest BCUT2D eigenvalue weighted by Crippen LogP contribution is -2.59. The van der Waals surface area contributed by atoms with Crippen LogP contribution in [-0.4, -0.2) is 94.7 Å². The standard InChI is InChI=1S/C19H21F2N3O2.C9H15F3N2O2.C2H6.CH5N/c1-13(2)18(24-12-25)9-14(3)23-11-16(10-22-4)15-5-7-17(8-6-15)26-19(20)21;1-3-16-8(15)14-5-4-13(2)6-7(14)9(10,11)12;2*1-2/h5-10,12,19,23H,1,3-4,11H2,2H3,(H,24,25);7H,3-6H2,1-2H3;1-2H3;2H2,1H3/b16-10+,18-9+;;;. The number of likely N-dealkylation sites (N-methyl/N-ethyl adjacent to an activating group) is 1. The van der Waals surface area contributed by atoms with E-state index in [1.165, 1.54) is 19.2 Å². The van der Waals surface area contributed by atoms with Crippen LogP contribution in [0.5, 0.6) is 5.75 Å². The molecule has 1 atom stereocenters. The van der Waals surface area contributed by atoms with Gasteiger partial charge in [0.1, 0.15) is 11.8 Å². The molecule has 1 fully saturated rings. The third-order valence-electron chi connectivity index (χ3n) is 5.66. The summed E-state index contributed by atoms with van der Waals surface area (Å²) >= 11 is 0. The Labute approximate surface area is 268 Å². The second-order valence-corrected chi connectivity index (χ2v) is 8.93. The van der Waals surface area contributed by atoms with Crippen molar-refractivity contribution < 1.29 is 41.0 Å². The number of alkyl halides is 5. The van der Waals surface area contributed by atoms with Gasteiger partial charge in [-0.05, 0) is 69.6 Å². The molecule has 2 rings (SSSR count). The Morgan fingerprint density at radius 3 is 2.22 bits per heavy atom. The van der Waals surface area contributed by atoms with Gasteiger partial charge in [0.25, 0.3) is 0 Å². The normalized spacial score (nSPS) is 15.0. The molecule has 10 nitrogen and oxygen atoms in total. The number of carbonyl (C=O) groups is 2. The minimum Gasteiger partial charge on any atom is -0.450 e. The molecule has 2 amide bonds. The van der Waals surface area contributed by atoms with Crippen LogP contribution >= 0.6 is 0 Å². The predicted molar refractivity (Wildman–Crippen MR) is 172 cm³/mol. The van der Waals surface area contributed by atoms with Crippen LogP contribution in [0.4, 0.5) is 26.7 Å². The van der Waals surface area contributed by atoms with Crippen molar-refractivity contribution in [3.63, 3.8) is 0 Å². The zero-order valence-electron chi connectivity index (χ0n) is 27.3. The molecular formula is C31H47F5N6O4. The summed E-state index contributed by atoms with van der Waals surface area (Å²) in [5, 5.41) is 5.62. The highest BCUT2D eigenvalue weighted by molar-refractivity contribution is 5.69. The summed E-state index contributed by atoms with van der Waals surface area (Å²) in [7, 11) is 3.10. The molecule has 15 heteroatoms. The maximum atomic E-state index is 12.7. The number of halogens is 5. The topological polar surface area (TPSA) is 122 Å². The zero-order valence-corrected chi connectivity index (χ0v) is 27.3. The number of rotatable bonds is 12. The van der Waals surface area contributed by atoms with E-state index < -0.39 is 24.9 Å². The molecule has 0 bridgehead atoms. The van der Waals surface area contributed by atoms with Gasteiger partial charge in [0, 0.05) is 43.8 Å². The highest BCUT2D eigenvalue weighted by Crippen LogP contribution is 2.28. The van der Waals surface area contributed by atoms with Crippen LogP contribution in [0.1, 0.15) is 33.3 Å². The number of aliphatic imine (C=N–C) groups is 1. The Morgan fingerprint density at radius 1 is 1.17 bits per heavy atom. The van der Waals surface area contributed by atoms with E-state index in [0.29, 0.717) is 36.5 Å². The lowest BCUT2D eigenvalue weighted by Gasteiger charge is -2.39. The van der Waals surface area contributed by atoms with Crippen LogP contribution in [-0.2, 0) is 9.53 Å². The summed E-state index contributed by atoms with van der Waals surface area (Å²) in [4.78, 5) is 28.0. The molecular weight excluding hydrogens is 615 g/mol. The van der Waals surface area contributed by atoms with Crippen LogP contribution < -0.4 is 21.1 Å². The molecule has 0 aromatic heterocycles. The number of piperazine rings is 1. The van der Waals surface area contributed by atoms with Crippen molar-refractivity contribution in [3.05, 3.63) is 72.2 Å². The SMILES string of the molecule is C=N/C=C(\CNC(=C)/C=C(/NC=O)C(=C)C)c1ccc(OC(F)F)cc1.CC.CCOC(=O)N1CCN(C)CC1C(F)(F)F.CN. The Bertz CT molecular complexity index is 1140. The number of carbonyl (C=O) groups excluding carboxylic acids is 2. The number of amides is 2. The number of nitrogens with two attached hydrogens (primary N) is 1. The minimum atomic E-state index is -4.42. The van der Waals surface area contributed by atoms with Crippen molar-refractivity contribution in [2.75, 3.05) is 46.9 Å². The number of ether oxygens (including phenoxy) is 2. The van der Waals surface area contributed by atoms with E-state index in [2.05, 4.69) is 50.7 Å². The molecule has 4 N–H and O–H groups in total. The van der Waals surface area contributed by atoms with Crippen molar-refractivity contribution in [2.24, 2.45) is 10.7 Å². The van der Waals surface area contributed by atoms with Crippen LogP contribution in [0.15, 0.2) is 71.7 Å². The van der Waals surface area contributed by atoms with E-state index in [-0.39, 0.29) is 25.4 Å². The number of allylic oxidation sites excluding steroid dienone is 2. The fourth-order valence-corrected chi connectivity index (χ4v) is 3.59. The van der Waals surface area contributed by atoms with Crippen LogP contribution in [0, 0.1) is 0 Å². The number of hydrogen-bond donors (Lipinski definition) is 3. The molecule has 0 aliphatic carbocycles. The first-order chi connectivity index (χ1) is 21.7. The van der Waals surface area contributed by atoms with Gasteiger partial charge in [0.05, 0.1) is 6.61 Å². The monoisotopic (exact) mass is 662 g/mol. The maximum absolute atomic E-state index is 12.7. The third kappa shape index (κ3) is 17.3. The Balaban J connectivity index is 0. The number of benzene rings is 1. The van der Waals surface area contributed by atoms with Gasteiger partial charge in [-0.25, -0.2) is 4.79 Å². The smallest absolute Gasteiger partial charge is 0.410 e. The predicted octanol–water partition coefficient (Wildman–Crippen LogP) is 5.56. The molecule has 1 saturated heterocycles. The van der Waals surface area contributed by atoms with Gasteiger partial charge < -0.3 is 30.7 Å². The molecule has 0 saturated carbocycles. The van der Waals surface area contributed by atoms with Crippen molar-refractivity contribution in [1.82, 2.24) is 20.4 Å². The van der Waals surface area contributed by atoms with Crippen molar-refractivity contribution in [2.45, 2.75) is 46.5 Å². The molecule has 1 heterocycles. The summed E-state index contributed by atoms with van der Waals surface area (Å²) in [6.07, 6.45) is -1.55. The molecule has 0 spiro atoms. The van der Waals surface area contributed by atoms with Gasteiger partial charge in [-0.1, -0.05) is 39.1 Å².